The molecule has 0 radical (unpaired) electrons. The Labute approximate surface area is 177 Å². The summed E-state index contributed by atoms with van der Waals surface area (Å²) in [5, 5.41) is 8.01. The number of nitrogens with one attached hydrogen (secondary N) is 3. The maximum absolute atomic E-state index is 13.1. The number of ether oxygens (including phenoxy) is 1. The zero-order valence-corrected chi connectivity index (χ0v) is 17.4. The van der Waals surface area contributed by atoms with Crippen LogP contribution >= 0.6 is 11.3 Å². The molecule has 3 N–H and O–H groups in total. The fourth-order valence-electron chi connectivity index (χ4n) is 2.74. The molecule has 3 aromatic rings. The van der Waals surface area contributed by atoms with Crippen molar-refractivity contribution in [2.75, 3.05) is 24.8 Å². The van der Waals surface area contributed by atoms with Gasteiger partial charge in [0, 0.05) is 12.6 Å². The summed E-state index contributed by atoms with van der Waals surface area (Å²) >= 11 is 1.04. The minimum atomic E-state index is -0.578. The number of urea groups is 1. The molecule has 0 unspecified atom stereocenters. The minimum Gasteiger partial charge on any atom is -0.496 e. The van der Waals surface area contributed by atoms with Gasteiger partial charge in [-0.25, -0.2) is 9.78 Å². The fraction of sp³-hybridized carbons (Fsp3) is 0.143. The van der Waals surface area contributed by atoms with Crippen molar-refractivity contribution < 1.29 is 19.1 Å². The van der Waals surface area contributed by atoms with Gasteiger partial charge in [0.15, 0.2) is 10.9 Å². The smallest absolute Gasteiger partial charge is 0.325 e. The number of aromatic nitrogens is 1. The van der Waals surface area contributed by atoms with Crippen molar-refractivity contribution in [3.63, 3.8) is 0 Å². The number of benzene rings is 2. The van der Waals surface area contributed by atoms with E-state index in [1.54, 1.807) is 42.5 Å². The molecule has 30 heavy (non-hydrogen) atoms. The number of para-hydroxylation sites is 1. The second-order valence-corrected chi connectivity index (χ2v) is 7.30. The number of amides is 3. The van der Waals surface area contributed by atoms with Crippen LogP contribution in [0.4, 0.5) is 15.6 Å². The number of hydrogen-bond donors (Lipinski definition) is 3. The Morgan fingerprint density at radius 3 is 2.53 bits per heavy atom. The molecule has 0 aliphatic heterocycles. The molecule has 0 spiro atoms. The number of ketones is 1. The number of thiazole rings is 1. The van der Waals surface area contributed by atoms with Gasteiger partial charge in [0.25, 0.3) is 5.91 Å². The molecule has 3 amide bonds. The molecule has 9 heteroatoms. The topological polar surface area (TPSA) is 109 Å². The van der Waals surface area contributed by atoms with Crippen molar-refractivity contribution in [1.29, 1.82) is 0 Å². The second-order valence-electron chi connectivity index (χ2n) is 6.27. The first-order chi connectivity index (χ1) is 14.4. The molecule has 0 saturated heterocycles. The predicted octanol–water partition coefficient (Wildman–Crippen LogP) is 3.69. The minimum absolute atomic E-state index is 0.260. The monoisotopic (exact) mass is 424 g/mol. The highest BCUT2D eigenvalue weighted by Crippen LogP contribution is 2.26. The van der Waals surface area contributed by atoms with Crippen LogP contribution in [-0.2, 0) is 0 Å². The molecule has 154 valence electrons. The summed E-state index contributed by atoms with van der Waals surface area (Å²) in [6.07, 6.45) is 1.38. The van der Waals surface area contributed by atoms with Gasteiger partial charge in [0.05, 0.1) is 24.6 Å². The number of carbonyl (C=O) groups is 3. The van der Waals surface area contributed by atoms with Crippen LogP contribution < -0.4 is 20.7 Å². The van der Waals surface area contributed by atoms with Crippen LogP contribution in [0.25, 0.3) is 0 Å². The Bertz CT molecular complexity index is 1110. The van der Waals surface area contributed by atoms with E-state index in [4.69, 9.17) is 4.74 Å². The Morgan fingerprint density at radius 2 is 1.80 bits per heavy atom. The SMILES string of the molecule is CNC(=O)c1cnc(NC(=O)Nc2ccc(C)cc2C(=O)c2ccccc2OC)s1. The Morgan fingerprint density at radius 1 is 1.03 bits per heavy atom. The van der Waals surface area contributed by atoms with Gasteiger partial charge in [-0.15, -0.1) is 0 Å². The van der Waals surface area contributed by atoms with E-state index in [0.717, 1.165) is 16.9 Å². The summed E-state index contributed by atoms with van der Waals surface area (Å²) in [6, 6.07) is 11.5. The number of methoxy groups -OCH3 is 1. The lowest BCUT2D eigenvalue weighted by Gasteiger charge is -2.13. The molecule has 0 fully saturated rings. The van der Waals surface area contributed by atoms with Crippen molar-refractivity contribution in [3.05, 3.63) is 70.2 Å². The third kappa shape index (κ3) is 4.64. The number of hydrogen-bond acceptors (Lipinski definition) is 6. The maximum atomic E-state index is 13.1. The quantitative estimate of drug-likeness (QED) is 0.523. The summed E-state index contributed by atoms with van der Waals surface area (Å²) in [4.78, 5) is 41.6. The van der Waals surface area contributed by atoms with Crippen molar-refractivity contribution in [3.8, 4) is 5.75 Å². The molecule has 0 aliphatic carbocycles. The Balaban J connectivity index is 1.83. The highest BCUT2D eigenvalue weighted by molar-refractivity contribution is 7.17. The first-order valence-electron chi connectivity index (χ1n) is 8.97. The second kappa shape index (κ2) is 9.19. The molecule has 0 bridgehead atoms. The van der Waals surface area contributed by atoms with Crippen LogP contribution in [0, 0.1) is 6.92 Å². The molecular formula is C21H20N4O4S. The first kappa shape index (κ1) is 21.0. The van der Waals surface area contributed by atoms with Gasteiger partial charge in [0.2, 0.25) is 0 Å². The standard InChI is InChI=1S/C21H20N4O4S/c1-12-8-9-15(14(10-12)18(26)13-6-4-5-7-16(13)29-3)24-20(28)25-21-23-11-17(30-21)19(27)22-2/h4-11H,1-3H3,(H,22,27)(H2,23,24,25,28). The average molecular weight is 424 g/mol. The lowest BCUT2D eigenvalue weighted by atomic mass is 9.99. The third-order valence-electron chi connectivity index (χ3n) is 4.20. The number of aryl methyl sites for hydroxylation is 1. The average Bonchev–Trinajstić information content (AvgIpc) is 3.22. The van der Waals surface area contributed by atoms with E-state index in [2.05, 4.69) is 20.9 Å². The van der Waals surface area contributed by atoms with Crippen LogP contribution in [0.5, 0.6) is 5.75 Å². The summed E-state index contributed by atoms with van der Waals surface area (Å²) in [7, 11) is 3.01. The van der Waals surface area contributed by atoms with E-state index in [0.29, 0.717) is 27.4 Å². The van der Waals surface area contributed by atoms with E-state index in [1.165, 1.54) is 20.4 Å². The fourth-order valence-corrected chi connectivity index (χ4v) is 3.50. The largest absolute Gasteiger partial charge is 0.496 e. The van der Waals surface area contributed by atoms with Gasteiger partial charge < -0.3 is 15.4 Å². The highest BCUT2D eigenvalue weighted by atomic mass is 32.1. The first-order valence-corrected chi connectivity index (χ1v) is 9.79. The van der Waals surface area contributed by atoms with Gasteiger partial charge in [-0.1, -0.05) is 35.1 Å². The van der Waals surface area contributed by atoms with E-state index in [9.17, 15) is 14.4 Å². The predicted molar refractivity (Wildman–Crippen MR) is 116 cm³/mol. The van der Waals surface area contributed by atoms with Crippen LogP contribution in [0.1, 0.15) is 31.2 Å². The maximum Gasteiger partial charge on any atom is 0.325 e. The van der Waals surface area contributed by atoms with E-state index < -0.39 is 6.03 Å². The zero-order chi connectivity index (χ0) is 21.7. The summed E-state index contributed by atoms with van der Waals surface area (Å²) in [6.45, 7) is 1.86. The van der Waals surface area contributed by atoms with Gasteiger partial charge in [-0.2, -0.15) is 0 Å². The van der Waals surface area contributed by atoms with E-state index in [-0.39, 0.29) is 16.8 Å². The molecule has 0 aliphatic rings. The normalized spacial score (nSPS) is 10.2. The summed E-state index contributed by atoms with van der Waals surface area (Å²) in [5.74, 6) is -0.115. The molecule has 8 nitrogen and oxygen atoms in total. The Hall–Kier alpha value is -3.72. The van der Waals surface area contributed by atoms with Gasteiger partial charge in [-0.3, -0.25) is 14.9 Å². The number of nitrogens with zero attached hydrogens (tertiary/aromatic N) is 1. The molecular weight excluding hydrogens is 404 g/mol. The van der Waals surface area contributed by atoms with Crippen molar-refractivity contribution in [2.24, 2.45) is 0 Å². The van der Waals surface area contributed by atoms with E-state index in [1.807, 2.05) is 6.92 Å². The van der Waals surface area contributed by atoms with Crippen LogP contribution in [-0.4, -0.2) is 36.9 Å². The molecule has 1 heterocycles. The van der Waals surface area contributed by atoms with Crippen molar-refractivity contribution in [1.82, 2.24) is 10.3 Å². The molecule has 3 rings (SSSR count). The van der Waals surface area contributed by atoms with E-state index >= 15 is 0 Å². The Kier molecular flexibility index (Phi) is 6.43. The van der Waals surface area contributed by atoms with Gasteiger partial charge >= 0.3 is 6.03 Å². The lowest BCUT2D eigenvalue weighted by molar-refractivity contribution is 0.0966. The number of carbonyl (C=O) groups excluding carboxylic acids is 3. The zero-order valence-electron chi connectivity index (χ0n) is 16.6. The van der Waals surface area contributed by atoms with Crippen molar-refractivity contribution >= 4 is 39.9 Å². The van der Waals surface area contributed by atoms with Crippen LogP contribution in [0.3, 0.4) is 0 Å². The molecule has 2 aromatic carbocycles. The van der Waals surface area contributed by atoms with Gasteiger partial charge in [0.1, 0.15) is 10.6 Å². The third-order valence-corrected chi connectivity index (χ3v) is 5.11. The molecule has 0 atom stereocenters. The molecule has 0 saturated carbocycles. The lowest BCUT2D eigenvalue weighted by Crippen LogP contribution is -2.21. The van der Waals surface area contributed by atoms with Gasteiger partial charge in [-0.05, 0) is 31.2 Å². The highest BCUT2D eigenvalue weighted by Gasteiger charge is 2.19. The van der Waals surface area contributed by atoms with Crippen LogP contribution in [0.15, 0.2) is 48.7 Å². The summed E-state index contributed by atoms with van der Waals surface area (Å²) < 4.78 is 5.29. The van der Waals surface area contributed by atoms with Crippen LogP contribution in [0.2, 0.25) is 0 Å². The van der Waals surface area contributed by atoms with Crippen molar-refractivity contribution in [2.45, 2.75) is 6.92 Å². The molecule has 1 aromatic heterocycles. The number of rotatable bonds is 6. The number of anilines is 2. The summed E-state index contributed by atoms with van der Waals surface area (Å²) in [5.41, 5.74) is 1.94.